The van der Waals surface area contributed by atoms with Gasteiger partial charge in [-0.15, -0.1) is 0 Å². The van der Waals surface area contributed by atoms with Crippen LogP contribution in [0.1, 0.15) is 26.3 Å². The molecule has 32 heavy (non-hydrogen) atoms. The standard InChI is InChI=1S/C24H24FN3O3S/c1-16-12-13-28-21(14-16)26-22(23(28)27-24(2,3)4)17-6-5-7-19(15-17)31-32(29,30)20-10-8-18(25)9-11-20/h5-15,27H,1-4H3. The maximum Gasteiger partial charge on any atom is 0.339 e. The van der Waals surface area contributed by atoms with E-state index in [1.165, 1.54) is 12.1 Å². The summed E-state index contributed by atoms with van der Waals surface area (Å²) < 4.78 is 45.7. The van der Waals surface area contributed by atoms with E-state index in [-0.39, 0.29) is 16.2 Å². The number of halogens is 1. The molecule has 2 aromatic heterocycles. The number of aromatic nitrogens is 2. The molecular formula is C24H24FN3O3S. The summed E-state index contributed by atoms with van der Waals surface area (Å²) >= 11 is 0. The number of nitrogens with zero attached hydrogens (tertiary/aromatic N) is 2. The van der Waals surface area contributed by atoms with Gasteiger partial charge in [-0.1, -0.05) is 12.1 Å². The average molecular weight is 454 g/mol. The molecule has 4 aromatic rings. The number of benzene rings is 2. The molecule has 0 aliphatic rings. The Morgan fingerprint density at radius 2 is 1.75 bits per heavy atom. The molecule has 0 amide bonds. The number of imidazole rings is 1. The van der Waals surface area contributed by atoms with E-state index in [4.69, 9.17) is 9.17 Å². The van der Waals surface area contributed by atoms with Gasteiger partial charge in [-0.05, 0) is 81.8 Å². The highest BCUT2D eigenvalue weighted by molar-refractivity contribution is 7.87. The van der Waals surface area contributed by atoms with Gasteiger partial charge in [-0.2, -0.15) is 8.42 Å². The minimum absolute atomic E-state index is 0.123. The number of rotatable bonds is 5. The molecule has 0 atom stereocenters. The van der Waals surface area contributed by atoms with Gasteiger partial charge in [0.2, 0.25) is 0 Å². The Kier molecular flexibility index (Phi) is 5.42. The van der Waals surface area contributed by atoms with Crippen LogP contribution in [0, 0.1) is 12.7 Å². The fourth-order valence-corrected chi connectivity index (χ4v) is 4.22. The molecule has 0 fully saturated rings. The van der Waals surface area contributed by atoms with E-state index >= 15 is 0 Å². The molecule has 0 saturated heterocycles. The molecule has 8 heteroatoms. The predicted molar refractivity (Wildman–Crippen MR) is 123 cm³/mol. The van der Waals surface area contributed by atoms with Gasteiger partial charge in [0.15, 0.2) is 0 Å². The van der Waals surface area contributed by atoms with Gasteiger partial charge in [0, 0.05) is 17.3 Å². The molecule has 1 N–H and O–H groups in total. The van der Waals surface area contributed by atoms with Gasteiger partial charge in [0.05, 0.1) is 0 Å². The molecule has 166 valence electrons. The van der Waals surface area contributed by atoms with E-state index in [0.717, 1.165) is 29.2 Å². The molecule has 0 unspecified atom stereocenters. The number of anilines is 1. The molecule has 0 saturated carbocycles. The minimum atomic E-state index is -4.11. The highest BCUT2D eigenvalue weighted by atomic mass is 32.2. The summed E-state index contributed by atoms with van der Waals surface area (Å²) in [6.07, 6.45) is 1.95. The van der Waals surface area contributed by atoms with Gasteiger partial charge in [0.25, 0.3) is 0 Å². The third-order valence-corrected chi connectivity index (χ3v) is 5.95. The molecule has 0 bridgehead atoms. The zero-order valence-corrected chi connectivity index (χ0v) is 19.1. The summed E-state index contributed by atoms with van der Waals surface area (Å²) in [5.74, 6) is 0.416. The maximum atomic E-state index is 13.2. The van der Waals surface area contributed by atoms with Gasteiger partial charge in [0.1, 0.15) is 33.6 Å². The lowest BCUT2D eigenvalue weighted by atomic mass is 10.1. The number of fused-ring (bicyclic) bond motifs is 1. The van der Waals surface area contributed by atoms with Crippen LogP contribution in [0.5, 0.6) is 5.75 Å². The highest BCUT2D eigenvalue weighted by Crippen LogP contribution is 2.33. The second kappa shape index (κ2) is 7.94. The van der Waals surface area contributed by atoms with E-state index in [0.29, 0.717) is 11.3 Å². The highest BCUT2D eigenvalue weighted by Gasteiger charge is 2.21. The first-order valence-electron chi connectivity index (χ1n) is 10.1. The first kappa shape index (κ1) is 21.8. The quantitative estimate of drug-likeness (QED) is 0.408. The van der Waals surface area contributed by atoms with Crippen LogP contribution in [0.4, 0.5) is 10.2 Å². The molecule has 2 aromatic carbocycles. The Morgan fingerprint density at radius 1 is 1.03 bits per heavy atom. The fraction of sp³-hybridized carbons (Fsp3) is 0.208. The van der Waals surface area contributed by atoms with E-state index in [9.17, 15) is 12.8 Å². The molecule has 0 aliphatic heterocycles. The molecule has 4 rings (SSSR count). The SMILES string of the molecule is Cc1ccn2c(NC(C)(C)C)c(-c3cccc(OS(=O)(=O)c4ccc(F)cc4)c3)nc2c1. The average Bonchev–Trinajstić information content (AvgIpc) is 3.04. The van der Waals surface area contributed by atoms with Gasteiger partial charge in [-0.3, -0.25) is 4.40 Å². The molecule has 0 spiro atoms. The lowest BCUT2D eigenvalue weighted by Gasteiger charge is -2.22. The van der Waals surface area contributed by atoms with Crippen LogP contribution >= 0.6 is 0 Å². The Labute approximate surface area is 186 Å². The van der Waals surface area contributed by atoms with Crippen molar-refractivity contribution >= 4 is 21.6 Å². The third kappa shape index (κ3) is 4.60. The predicted octanol–water partition coefficient (Wildman–Crippen LogP) is 5.43. The summed E-state index contributed by atoms with van der Waals surface area (Å²) in [6.45, 7) is 8.16. The summed E-state index contributed by atoms with van der Waals surface area (Å²) in [5, 5.41) is 3.50. The maximum absolute atomic E-state index is 13.2. The van der Waals surface area contributed by atoms with Crippen LogP contribution in [0.2, 0.25) is 0 Å². The van der Waals surface area contributed by atoms with Crippen molar-refractivity contribution in [3.05, 3.63) is 78.2 Å². The van der Waals surface area contributed by atoms with Gasteiger partial charge >= 0.3 is 10.1 Å². The topological polar surface area (TPSA) is 72.7 Å². The van der Waals surface area contributed by atoms with Crippen LogP contribution in [-0.2, 0) is 10.1 Å². The van der Waals surface area contributed by atoms with Crippen LogP contribution < -0.4 is 9.50 Å². The van der Waals surface area contributed by atoms with Crippen molar-refractivity contribution in [2.24, 2.45) is 0 Å². The smallest absolute Gasteiger partial charge is 0.339 e. The van der Waals surface area contributed by atoms with Crippen LogP contribution in [-0.4, -0.2) is 23.3 Å². The largest absolute Gasteiger partial charge is 0.379 e. The third-order valence-electron chi connectivity index (χ3n) is 4.69. The Bertz CT molecular complexity index is 1390. The van der Waals surface area contributed by atoms with Crippen molar-refractivity contribution in [2.75, 3.05) is 5.32 Å². The number of hydrogen-bond donors (Lipinski definition) is 1. The summed E-state index contributed by atoms with van der Waals surface area (Å²) in [7, 11) is -4.11. The Balaban J connectivity index is 1.76. The number of pyridine rings is 1. The Morgan fingerprint density at radius 3 is 2.44 bits per heavy atom. The second-order valence-electron chi connectivity index (χ2n) is 8.64. The second-order valence-corrected chi connectivity index (χ2v) is 10.2. The van der Waals surface area contributed by atoms with E-state index < -0.39 is 15.9 Å². The number of hydrogen-bond acceptors (Lipinski definition) is 5. The first-order valence-corrected chi connectivity index (χ1v) is 11.5. The van der Waals surface area contributed by atoms with Crippen molar-refractivity contribution in [3.8, 4) is 17.0 Å². The lowest BCUT2D eigenvalue weighted by Crippen LogP contribution is -2.27. The van der Waals surface area contributed by atoms with Crippen molar-refractivity contribution in [2.45, 2.75) is 38.1 Å². The zero-order valence-electron chi connectivity index (χ0n) is 18.3. The molecular weight excluding hydrogens is 429 g/mol. The van der Waals surface area contributed by atoms with Crippen LogP contribution in [0.25, 0.3) is 16.9 Å². The molecule has 6 nitrogen and oxygen atoms in total. The van der Waals surface area contributed by atoms with Crippen molar-refractivity contribution in [1.82, 2.24) is 9.38 Å². The normalized spacial score (nSPS) is 12.2. The van der Waals surface area contributed by atoms with Gasteiger partial charge < -0.3 is 9.50 Å². The lowest BCUT2D eigenvalue weighted by molar-refractivity contribution is 0.486. The number of aryl methyl sites for hydroxylation is 1. The summed E-state index contributed by atoms with van der Waals surface area (Å²) in [6, 6.07) is 15.2. The number of nitrogens with one attached hydrogen (secondary N) is 1. The van der Waals surface area contributed by atoms with E-state index in [2.05, 4.69) is 26.1 Å². The summed E-state index contributed by atoms with van der Waals surface area (Å²) in [4.78, 5) is 4.66. The Hall–Kier alpha value is -3.39. The molecule has 0 aliphatic carbocycles. The van der Waals surface area contributed by atoms with Crippen molar-refractivity contribution in [1.29, 1.82) is 0 Å². The van der Waals surface area contributed by atoms with E-state index in [1.54, 1.807) is 18.2 Å². The van der Waals surface area contributed by atoms with E-state index in [1.807, 2.05) is 35.7 Å². The van der Waals surface area contributed by atoms with Gasteiger partial charge in [-0.25, -0.2) is 9.37 Å². The van der Waals surface area contributed by atoms with Crippen molar-refractivity contribution < 1.29 is 17.0 Å². The van der Waals surface area contributed by atoms with Crippen LogP contribution in [0.15, 0.2) is 71.8 Å². The summed E-state index contributed by atoms with van der Waals surface area (Å²) in [5.41, 5.74) is 3.01. The monoisotopic (exact) mass is 453 g/mol. The zero-order chi connectivity index (χ0) is 23.1. The van der Waals surface area contributed by atoms with Crippen LogP contribution in [0.3, 0.4) is 0 Å². The van der Waals surface area contributed by atoms with Crippen molar-refractivity contribution in [3.63, 3.8) is 0 Å². The fourth-order valence-electron chi connectivity index (χ4n) is 3.29. The molecule has 0 radical (unpaired) electrons. The minimum Gasteiger partial charge on any atom is -0.379 e. The first-order chi connectivity index (χ1) is 15.0. The molecule has 2 heterocycles.